The first-order valence-electron chi connectivity index (χ1n) is 9.68. The molecule has 2 aromatic heterocycles. The van der Waals surface area contributed by atoms with Gasteiger partial charge in [-0.05, 0) is 48.2 Å². The van der Waals surface area contributed by atoms with E-state index in [1.54, 1.807) is 18.1 Å². The topological polar surface area (TPSA) is 82.9 Å². The molecular formula is C22H26IN7. The third-order valence-corrected chi connectivity index (χ3v) is 4.91. The van der Waals surface area contributed by atoms with Gasteiger partial charge in [0.25, 0.3) is 0 Å². The Balaban J connectivity index is 0.00000256. The molecule has 4 aromatic rings. The lowest BCUT2D eigenvalue weighted by Crippen LogP contribution is -2.37. The van der Waals surface area contributed by atoms with Crippen molar-refractivity contribution in [3.63, 3.8) is 0 Å². The molecule has 0 saturated carbocycles. The minimum absolute atomic E-state index is 0. The summed E-state index contributed by atoms with van der Waals surface area (Å²) in [7, 11) is 1.79. The van der Waals surface area contributed by atoms with E-state index in [-0.39, 0.29) is 24.0 Å². The third kappa shape index (κ3) is 5.18. The summed E-state index contributed by atoms with van der Waals surface area (Å²) in [4.78, 5) is 11.6. The number of aromatic amines is 1. The standard InChI is InChI=1S/C22H25N7.HI/c1-16-3-8-20-18(13-26-21(20)11-16)9-10-25-22(23-2)27-12-17-4-6-19(7-5-17)29-15-24-14-28-29;/h3-8,11,13-15,26H,9-10,12H2,1-2H3,(H2,23,25,27);1H. The SMILES string of the molecule is CN=C(NCCc1c[nH]c2cc(C)ccc12)NCc1ccc(-n2cncn2)cc1.I. The van der Waals surface area contributed by atoms with Gasteiger partial charge in [0.05, 0.1) is 5.69 Å². The molecule has 7 nitrogen and oxygen atoms in total. The molecule has 0 saturated heterocycles. The number of hydrogen-bond donors (Lipinski definition) is 3. The summed E-state index contributed by atoms with van der Waals surface area (Å²) in [6.07, 6.45) is 6.24. The van der Waals surface area contributed by atoms with Crippen molar-refractivity contribution in [1.29, 1.82) is 0 Å². The van der Waals surface area contributed by atoms with Crippen molar-refractivity contribution in [2.24, 2.45) is 4.99 Å². The normalized spacial score (nSPS) is 11.3. The number of benzene rings is 2. The molecule has 156 valence electrons. The van der Waals surface area contributed by atoms with Crippen molar-refractivity contribution in [1.82, 2.24) is 30.4 Å². The zero-order valence-electron chi connectivity index (χ0n) is 17.1. The molecule has 8 heteroatoms. The van der Waals surface area contributed by atoms with Gasteiger partial charge in [-0.1, -0.05) is 24.3 Å². The molecule has 3 N–H and O–H groups in total. The molecule has 0 amide bonds. The highest BCUT2D eigenvalue weighted by molar-refractivity contribution is 14.0. The highest BCUT2D eigenvalue weighted by atomic mass is 127. The van der Waals surface area contributed by atoms with Gasteiger partial charge in [-0.15, -0.1) is 24.0 Å². The van der Waals surface area contributed by atoms with Crippen LogP contribution in [0.1, 0.15) is 16.7 Å². The summed E-state index contributed by atoms with van der Waals surface area (Å²) < 4.78 is 1.74. The van der Waals surface area contributed by atoms with E-state index in [2.05, 4.69) is 74.1 Å². The summed E-state index contributed by atoms with van der Waals surface area (Å²) in [5.41, 5.74) is 5.93. The molecular weight excluding hydrogens is 489 g/mol. The number of hydrogen-bond acceptors (Lipinski definition) is 3. The number of halogens is 1. The molecule has 0 radical (unpaired) electrons. The predicted molar refractivity (Wildman–Crippen MR) is 132 cm³/mol. The lowest BCUT2D eigenvalue weighted by atomic mass is 10.1. The van der Waals surface area contributed by atoms with E-state index >= 15 is 0 Å². The quantitative estimate of drug-likeness (QED) is 0.208. The highest BCUT2D eigenvalue weighted by Crippen LogP contribution is 2.19. The van der Waals surface area contributed by atoms with Gasteiger partial charge in [-0.3, -0.25) is 4.99 Å². The van der Waals surface area contributed by atoms with Crippen molar-refractivity contribution in [2.75, 3.05) is 13.6 Å². The maximum atomic E-state index is 4.32. The lowest BCUT2D eigenvalue weighted by molar-refractivity contribution is 0.795. The van der Waals surface area contributed by atoms with Gasteiger partial charge in [-0.2, -0.15) is 5.10 Å². The van der Waals surface area contributed by atoms with Crippen molar-refractivity contribution in [3.8, 4) is 5.69 Å². The van der Waals surface area contributed by atoms with Crippen LogP contribution in [0.25, 0.3) is 16.6 Å². The molecule has 4 rings (SSSR count). The first-order chi connectivity index (χ1) is 14.2. The fourth-order valence-corrected chi connectivity index (χ4v) is 3.34. The van der Waals surface area contributed by atoms with Crippen LogP contribution < -0.4 is 10.6 Å². The summed E-state index contributed by atoms with van der Waals surface area (Å²) >= 11 is 0. The van der Waals surface area contributed by atoms with Crippen LogP contribution in [-0.4, -0.2) is 39.3 Å². The fraction of sp³-hybridized carbons (Fsp3) is 0.227. The first kappa shape index (κ1) is 21.8. The minimum Gasteiger partial charge on any atom is -0.361 e. The van der Waals surface area contributed by atoms with Gasteiger partial charge >= 0.3 is 0 Å². The predicted octanol–water partition coefficient (Wildman–Crippen LogP) is 3.58. The van der Waals surface area contributed by atoms with Gasteiger partial charge in [-0.25, -0.2) is 9.67 Å². The Kier molecular flexibility index (Phi) is 7.45. The molecule has 0 aliphatic heterocycles. The van der Waals surface area contributed by atoms with Crippen LogP contribution in [0.3, 0.4) is 0 Å². The number of guanidine groups is 1. The van der Waals surface area contributed by atoms with E-state index in [4.69, 9.17) is 0 Å². The molecule has 0 atom stereocenters. The number of aliphatic imine (C=N–C) groups is 1. The van der Waals surface area contributed by atoms with E-state index in [1.807, 2.05) is 12.1 Å². The second-order valence-corrected chi connectivity index (χ2v) is 6.97. The van der Waals surface area contributed by atoms with E-state index < -0.39 is 0 Å². The Morgan fingerprint density at radius 2 is 1.97 bits per heavy atom. The van der Waals surface area contributed by atoms with E-state index in [0.717, 1.165) is 24.6 Å². The number of rotatable bonds is 6. The molecule has 2 heterocycles. The smallest absolute Gasteiger partial charge is 0.191 e. The minimum atomic E-state index is 0. The van der Waals surface area contributed by atoms with Crippen LogP contribution in [0.2, 0.25) is 0 Å². The lowest BCUT2D eigenvalue weighted by Gasteiger charge is -2.12. The summed E-state index contributed by atoms with van der Waals surface area (Å²) in [5.74, 6) is 0.793. The summed E-state index contributed by atoms with van der Waals surface area (Å²) in [6, 6.07) is 14.7. The zero-order chi connectivity index (χ0) is 20.1. The van der Waals surface area contributed by atoms with Crippen LogP contribution in [0.15, 0.2) is 66.3 Å². The molecule has 0 fully saturated rings. The average Bonchev–Trinajstić information content (AvgIpc) is 3.41. The van der Waals surface area contributed by atoms with Gasteiger partial charge < -0.3 is 15.6 Å². The molecule has 0 unspecified atom stereocenters. The third-order valence-electron chi connectivity index (χ3n) is 4.91. The molecule has 0 aliphatic carbocycles. The highest BCUT2D eigenvalue weighted by Gasteiger charge is 2.05. The largest absolute Gasteiger partial charge is 0.361 e. The van der Waals surface area contributed by atoms with Crippen molar-refractivity contribution in [2.45, 2.75) is 19.9 Å². The Bertz CT molecular complexity index is 1100. The molecule has 0 aliphatic rings. The number of H-pyrrole nitrogens is 1. The van der Waals surface area contributed by atoms with Gasteiger partial charge in [0, 0.05) is 37.2 Å². The van der Waals surface area contributed by atoms with E-state index in [1.165, 1.54) is 33.9 Å². The Hall–Kier alpha value is -2.88. The average molecular weight is 515 g/mol. The number of aryl methyl sites for hydroxylation is 1. The Labute approximate surface area is 193 Å². The second-order valence-electron chi connectivity index (χ2n) is 6.97. The van der Waals surface area contributed by atoms with Crippen LogP contribution in [0.4, 0.5) is 0 Å². The maximum absolute atomic E-state index is 4.32. The fourth-order valence-electron chi connectivity index (χ4n) is 3.34. The van der Waals surface area contributed by atoms with Crippen LogP contribution in [-0.2, 0) is 13.0 Å². The summed E-state index contributed by atoms with van der Waals surface area (Å²) in [6.45, 7) is 3.62. The Morgan fingerprint density at radius 1 is 1.13 bits per heavy atom. The number of aromatic nitrogens is 4. The second kappa shape index (κ2) is 10.2. The number of fused-ring (bicyclic) bond motifs is 1. The molecule has 0 spiro atoms. The number of nitrogens with one attached hydrogen (secondary N) is 3. The van der Waals surface area contributed by atoms with E-state index in [9.17, 15) is 0 Å². The van der Waals surface area contributed by atoms with Gasteiger partial charge in [0.15, 0.2) is 5.96 Å². The van der Waals surface area contributed by atoms with Crippen LogP contribution >= 0.6 is 24.0 Å². The van der Waals surface area contributed by atoms with Gasteiger partial charge in [0.2, 0.25) is 0 Å². The van der Waals surface area contributed by atoms with E-state index in [0.29, 0.717) is 6.54 Å². The van der Waals surface area contributed by atoms with Crippen LogP contribution in [0.5, 0.6) is 0 Å². The van der Waals surface area contributed by atoms with Crippen molar-refractivity contribution in [3.05, 3.63) is 78.0 Å². The van der Waals surface area contributed by atoms with Crippen LogP contribution in [0, 0.1) is 6.92 Å². The van der Waals surface area contributed by atoms with Crippen molar-refractivity contribution < 1.29 is 0 Å². The van der Waals surface area contributed by atoms with Gasteiger partial charge in [0.1, 0.15) is 12.7 Å². The molecule has 30 heavy (non-hydrogen) atoms. The monoisotopic (exact) mass is 515 g/mol. The number of nitrogens with zero attached hydrogens (tertiary/aromatic N) is 4. The molecule has 2 aromatic carbocycles. The summed E-state index contributed by atoms with van der Waals surface area (Å²) in [5, 5.41) is 12.2. The Morgan fingerprint density at radius 3 is 2.70 bits per heavy atom. The van der Waals surface area contributed by atoms with Crippen molar-refractivity contribution >= 4 is 40.8 Å². The molecule has 0 bridgehead atoms. The first-order valence-corrected chi connectivity index (χ1v) is 9.68. The maximum Gasteiger partial charge on any atom is 0.191 e. The zero-order valence-corrected chi connectivity index (χ0v) is 19.4.